The average Bonchev–Trinajstić information content (AvgIpc) is 2.79. The third kappa shape index (κ3) is 2.30. The number of thioether (sulfide) groups is 1. The van der Waals surface area contributed by atoms with E-state index in [4.69, 9.17) is 10.9 Å². The summed E-state index contributed by atoms with van der Waals surface area (Å²) in [6.07, 6.45) is 1.79. The van der Waals surface area contributed by atoms with Gasteiger partial charge in [0.25, 0.3) is 0 Å². The van der Waals surface area contributed by atoms with Gasteiger partial charge in [0.05, 0.1) is 17.0 Å². The van der Waals surface area contributed by atoms with Gasteiger partial charge in [-0.1, -0.05) is 11.8 Å². The number of hydrogen-bond donors (Lipinski definition) is 2. The van der Waals surface area contributed by atoms with E-state index in [1.807, 2.05) is 6.92 Å². The van der Waals surface area contributed by atoms with E-state index in [2.05, 4.69) is 15.3 Å². The fourth-order valence-electron chi connectivity index (χ4n) is 1.50. The lowest BCUT2D eigenvalue weighted by atomic mass is 10.2. The van der Waals surface area contributed by atoms with Gasteiger partial charge in [-0.25, -0.2) is 4.68 Å². The van der Waals surface area contributed by atoms with Crippen LogP contribution in [0, 0.1) is 6.92 Å². The Morgan fingerprint density at radius 3 is 2.83 bits per heavy atom. The van der Waals surface area contributed by atoms with Crippen molar-refractivity contribution in [1.29, 1.82) is 0 Å². The van der Waals surface area contributed by atoms with Gasteiger partial charge in [-0.15, -0.1) is 10.2 Å². The van der Waals surface area contributed by atoms with Gasteiger partial charge in [0.2, 0.25) is 5.16 Å². The van der Waals surface area contributed by atoms with Gasteiger partial charge in [0.1, 0.15) is 0 Å². The molecule has 0 unspecified atom stereocenters. The summed E-state index contributed by atoms with van der Waals surface area (Å²) in [4.78, 5) is 10.5. The van der Waals surface area contributed by atoms with Gasteiger partial charge < -0.3 is 10.9 Å². The van der Waals surface area contributed by atoms with Gasteiger partial charge in [-0.3, -0.25) is 9.48 Å². The molecule has 8 nitrogen and oxygen atoms in total. The van der Waals surface area contributed by atoms with Crippen LogP contribution in [0.1, 0.15) is 5.69 Å². The third-order valence-electron chi connectivity index (χ3n) is 2.24. The van der Waals surface area contributed by atoms with Crippen molar-refractivity contribution in [3.05, 3.63) is 11.9 Å². The summed E-state index contributed by atoms with van der Waals surface area (Å²) in [6, 6.07) is 0. The number of nitrogens with two attached hydrogens (primary N) is 1. The predicted octanol–water partition coefficient (Wildman–Crippen LogP) is -0.122. The van der Waals surface area contributed by atoms with Gasteiger partial charge in [0.15, 0.2) is 5.82 Å². The van der Waals surface area contributed by atoms with Crippen LogP contribution in [-0.2, 0) is 11.8 Å². The summed E-state index contributed by atoms with van der Waals surface area (Å²) in [5.74, 6) is 5.27. The zero-order chi connectivity index (χ0) is 13.3. The standard InChI is InChI=1S/C9H12N6O2S/c1-5-6(3-14(2)13-5)8-11-12-9(15(8)10)18-4-7(16)17/h3H,4,10H2,1-2H3,(H,16,17). The monoisotopic (exact) mass is 268 g/mol. The second-order valence-corrected chi connectivity index (χ2v) is 4.60. The number of hydrogen-bond acceptors (Lipinski definition) is 6. The largest absolute Gasteiger partial charge is 0.481 e. The molecule has 3 N–H and O–H groups in total. The number of nitrogen functional groups attached to an aromatic ring is 1. The highest BCUT2D eigenvalue weighted by molar-refractivity contribution is 7.99. The molecule has 0 bridgehead atoms. The van der Waals surface area contributed by atoms with Crippen molar-refractivity contribution in [2.24, 2.45) is 7.05 Å². The Bertz CT molecular complexity index is 590. The lowest BCUT2D eigenvalue weighted by molar-refractivity contribution is -0.133. The Balaban J connectivity index is 2.30. The summed E-state index contributed by atoms with van der Waals surface area (Å²) in [7, 11) is 1.80. The van der Waals surface area contributed by atoms with Crippen LogP contribution in [0.5, 0.6) is 0 Å². The Morgan fingerprint density at radius 1 is 1.56 bits per heavy atom. The molecule has 0 aliphatic rings. The molecule has 2 rings (SSSR count). The van der Waals surface area contributed by atoms with Crippen LogP contribution in [0.2, 0.25) is 0 Å². The molecular formula is C9H12N6O2S. The van der Waals surface area contributed by atoms with Crippen LogP contribution in [0.4, 0.5) is 0 Å². The molecule has 0 amide bonds. The summed E-state index contributed by atoms with van der Waals surface area (Å²) < 4.78 is 2.93. The van der Waals surface area contributed by atoms with Crippen molar-refractivity contribution in [1.82, 2.24) is 24.7 Å². The Kier molecular flexibility index (Phi) is 3.24. The molecule has 9 heteroatoms. The number of rotatable bonds is 4. The van der Waals surface area contributed by atoms with Crippen molar-refractivity contribution in [3.8, 4) is 11.4 Å². The molecule has 18 heavy (non-hydrogen) atoms. The average molecular weight is 268 g/mol. The third-order valence-corrected chi connectivity index (χ3v) is 3.17. The molecule has 0 aliphatic heterocycles. The summed E-state index contributed by atoms with van der Waals surface area (Å²) in [5.41, 5.74) is 1.56. The quantitative estimate of drug-likeness (QED) is 0.587. The molecule has 0 radical (unpaired) electrons. The molecule has 0 aliphatic carbocycles. The van der Waals surface area contributed by atoms with Crippen molar-refractivity contribution >= 4 is 17.7 Å². The summed E-state index contributed by atoms with van der Waals surface area (Å²) in [5, 5.41) is 21.0. The lowest BCUT2D eigenvalue weighted by Gasteiger charge is -2.01. The number of carbonyl (C=O) groups is 1. The van der Waals surface area contributed by atoms with Gasteiger partial charge >= 0.3 is 5.97 Å². The highest BCUT2D eigenvalue weighted by atomic mass is 32.2. The fraction of sp³-hybridized carbons (Fsp3) is 0.333. The van der Waals surface area contributed by atoms with Crippen molar-refractivity contribution in [3.63, 3.8) is 0 Å². The first-order valence-corrected chi connectivity index (χ1v) is 6.03. The molecule has 0 atom stereocenters. The van der Waals surface area contributed by atoms with Crippen molar-refractivity contribution in [2.75, 3.05) is 11.6 Å². The topological polar surface area (TPSA) is 112 Å². The van der Waals surface area contributed by atoms with Crippen molar-refractivity contribution < 1.29 is 9.90 Å². The molecule has 2 aromatic rings. The molecule has 0 saturated carbocycles. The van der Waals surface area contributed by atoms with Crippen LogP contribution in [0.25, 0.3) is 11.4 Å². The summed E-state index contributed by atoms with van der Waals surface area (Å²) in [6.45, 7) is 1.84. The maximum atomic E-state index is 10.5. The number of aliphatic carboxylic acids is 1. The number of aromatic nitrogens is 5. The van der Waals surface area contributed by atoms with E-state index in [0.717, 1.165) is 23.0 Å². The van der Waals surface area contributed by atoms with E-state index in [0.29, 0.717) is 11.0 Å². The van der Waals surface area contributed by atoms with E-state index in [1.54, 1.807) is 17.9 Å². The van der Waals surface area contributed by atoms with Crippen LogP contribution in [0.15, 0.2) is 11.4 Å². The molecule has 0 saturated heterocycles. The molecule has 2 heterocycles. The van der Waals surface area contributed by atoms with Crippen LogP contribution >= 0.6 is 11.8 Å². The lowest BCUT2D eigenvalue weighted by Crippen LogP contribution is -2.12. The van der Waals surface area contributed by atoms with Crippen molar-refractivity contribution in [2.45, 2.75) is 12.1 Å². The molecule has 0 aromatic carbocycles. The number of carboxylic acid groups (broad SMARTS) is 1. The minimum absolute atomic E-state index is 0.110. The summed E-state index contributed by atoms with van der Waals surface area (Å²) >= 11 is 1.02. The highest BCUT2D eigenvalue weighted by Crippen LogP contribution is 2.23. The number of aryl methyl sites for hydroxylation is 2. The van der Waals surface area contributed by atoms with Gasteiger partial charge in [-0.2, -0.15) is 5.10 Å². The minimum atomic E-state index is -0.929. The van der Waals surface area contributed by atoms with E-state index < -0.39 is 5.97 Å². The SMILES string of the molecule is Cc1nn(C)cc1-c1nnc(SCC(=O)O)n1N. The minimum Gasteiger partial charge on any atom is -0.481 e. The predicted molar refractivity (Wildman–Crippen MR) is 65.5 cm³/mol. The van der Waals surface area contributed by atoms with Crippen LogP contribution in [0.3, 0.4) is 0 Å². The van der Waals surface area contributed by atoms with Crippen LogP contribution in [-0.4, -0.2) is 41.5 Å². The van der Waals surface area contributed by atoms with E-state index >= 15 is 0 Å². The molecule has 96 valence electrons. The zero-order valence-corrected chi connectivity index (χ0v) is 10.7. The van der Waals surface area contributed by atoms with E-state index in [9.17, 15) is 4.79 Å². The van der Waals surface area contributed by atoms with Gasteiger partial charge in [-0.05, 0) is 6.92 Å². The van der Waals surface area contributed by atoms with Gasteiger partial charge in [0, 0.05) is 13.2 Å². The first kappa shape index (κ1) is 12.4. The second kappa shape index (κ2) is 4.69. The molecular weight excluding hydrogens is 256 g/mol. The molecule has 0 fully saturated rings. The van der Waals surface area contributed by atoms with Crippen LogP contribution < -0.4 is 5.84 Å². The smallest absolute Gasteiger partial charge is 0.313 e. The first-order chi connectivity index (χ1) is 8.49. The second-order valence-electron chi connectivity index (χ2n) is 3.66. The Morgan fingerprint density at radius 2 is 2.28 bits per heavy atom. The normalized spacial score (nSPS) is 10.8. The maximum Gasteiger partial charge on any atom is 0.313 e. The number of carboxylic acids is 1. The highest BCUT2D eigenvalue weighted by Gasteiger charge is 2.16. The molecule has 2 aromatic heterocycles. The molecule has 0 spiro atoms. The Labute approximate surface area is 107 Å². The Hall–Kier alpha value is -2.03. The zero-order valence-electron chi connectivity index (χ0n) is 9.86. The number of nitrogens with zero attached hydrogens (tertiary/aromatic N) is 5. The fourth-order valence-corrected chi connectivity index (χ4v) is 2.08. The first-order valence-electron chi connectivity index (χ1n) is 5.04. The maximum absolute atomic E-state index is 10.5. The van der Waals surface area contributed by atoms with E-state index in [-0.39, 0.29) is 5.75 Å². The van der Waals surface area contributed by atoms with E-state index in [1.165, 1.54) is 4.68 Å².